The number of hydrogen-bond acceptors (Lipinski definition) is 6. The second-order valence-corrected chi connectivity index (χ2v) is 7.98. The van der Waals surface area contributed by atoms with Gasteiger partial charge >= 0.3 is 6.36 Å². The first-order valence-electron chi connectivity index (χ1n) is 10.6. The predicted molar refractivity (Wildman–Crippen MR) is 128 cm³/mol. The van der Waals surface area contributed by atoms with Gasteiger partial charge in [0.25, 0.3) is 0 Å². The molecule has 0 atom stereocenters. The van der Waals surface area contributed by atoms with Crippen LogP contribution in [0, 0.1) is 0 Å². The number of rotatable bonds is 7. The topological polar surface area (TPSA) is 71.4 Å². The van der Waals surface area contributed by atoms with Crippen molar-refractivity contribution < 1.29 is 17.9 Å². The van der Waals surface area contributed by atoms with Crippen molar-refractivity contribution in [2.24, 2.45) is 5.10 Å². The molecular formula is C24H21ClF3N5O. The maximum atomic E-state index is 12.3. The van der Waals surface area contributed by atoms with Gasteiger partial charge in [0.05, 0.1) is 6.21 Å². The molecule has 2 aliphatic carbocycles. The third-order valence-corrected chi connectivity index (χ3v) is 5.20. The molecule has 1 aromatic carbocycles. The van der Waals surface area contributed by atoms with Crippen LogP contribution in [0.1, 0.15) is 31.5 Å². The summed E-state index contributed by atoms with van der Waals surface area (Å²) in [6.07, 6.45) is 8.03. The highest BCUT2D eigenvalue weighted by Crippen LogP contribution is 2.27. The average Bonchev–Trinajstić information content (AvgIpc) is 2.81. The number of nitrogens with zero attached hydrogens (tertiary/aromatic N) is 3. The molecule has 2 aromatic rings. The molecular weight excluding hydrogens is 467 g/mol. The van der Waals surface area contributed by atoms with E-state index in [0.717, 1.165) is 29.7 Å². The van der Waals surface area contributed by atoms with Gasteiger partial charge in [-0.25, -0.2) is 9.97 Å². The first kappa shape index (κ1) is 23.6. The Balaban J connectivity index is 1.50. The fourth-order valence-corrected chi connectivity index (χ4v) is 3.46. The molecule has 0 bridgehead atoms. The molecule has 10 heteroatoms. The minimum absolute atomic E-state index is 0.120. The Morgan fingerprint density at radius 2 is 1.79 bits per heavy atom. The van der Waals surface area contributed by atoms with Crippen molar-refractivity contribution in [2.75, 3.05) is 10.7 Å². The number of aromatic nitrogens is 2. The van der Waals surface area contributed by atoms with Crippen molar-refractivity contribution >= 4 is 40.7 Å². The second-order valence-electron chi connectivity index (χ2n) is 7.55. The molecule has 0 amide bonds. The van der Waals surface area contributed by atoms with E-state index >= 15 is 0 Å². The van der Waals surface area contributed by atoms with Crippen molar-refractivity contribution in [3.63, 3.8) is 0 Å². The molecule has 0 unspecified atom stereocenters. The van der Waals surface area contributed by atoms with Gasteiger partial charge in [0.1, 0.15) is 11.6 Å². The van der Waals surface area contributed by atoms with E-state index in [0.29, 0.717) is 28.9 Å². The Hall–Kier alpha value is -3.59. The van der Waals surface area contributed by atoms with Crippen LogP contribution in [0.3, 0.4) is 0 Å². The normalized spacial score (nSPS) is 16.1. The molecule has 176 valence electrons. The van der Waals surface area contributed by atoms with Gasteiger partial charge in [-0.05, 0) is 60.8 Å². The van der Waals surface area contributed by atoms with E-state index in [4.69, 9.17) is 11.6 Å². The summed E-state index contributed by atoms with van der Waals surface area (Å²) in [7, 11) is 0. The van der Waals surface area contributed by atoms with Crippen molar-refractivity contribution in [3.8, 4) is 0 Å². The SMILES string of the molecule is FC(F)(F)OC1=CC=C(/C=N/Nc2cc(Nc3ccc(Cl)cc3)nc(C3=CC=CCC3)n2)CC1. The number of allylic oxidation sites excluding steroid dienone is 8. The molecule has 0 fully saturated rings. The molecule has 0 aliphatic heterocycles. The highest BCUT2D eigenvalue weighted by atomic mass is 35.5. The number of hydrazone groups is 1. The standard InChI is InChI=1S/C24H21ClF3N5O/c25-18-8-10-19(11-9-18)30-21-14-22(32-23(31-21)17-4-2-1-3-5-17)33-29-15-16-6-12-20(13-7-16)34-24(26,27)28/h1-2,4,6,8-12,14-15H,3,5,7,13H2,(H2,30,31,32,33)/b29-15+. The highest BCUT2D eigenvalue weighted by molar-refractivity contribution is 6.30. The molecule has 0 radical (unpaired) electrons. The third kappa shape index (κ3) is 6.95. The zero-order valence-electron chi connectivity index (χ0n) is 17.9. The lowest BCUT2D eigenvalue weighted by Crippen LogP contribution is -2.14. The van der Waals surface area contributed by atoms with Gasteiger partial charge in [-0.3, -0.25) is 5.43 Å². The van der Waals surface area contributed by atoms with E-state index < -0.39 is 6.36 Å². The maximum Gasteiger partial charge on any atom is 0.572 e. The number of ether oxygens (including phenoxy) is 1. The maximum absolute atomic E-state index is 12.3. The Morgan fingerprint density at radius 3 is 2.47 bits per heavy atom. The molecule has 4 rings (SSSR count). The molecule has 2 N–H and O–H groups in total. The van der Waals surface area contributed by atoms with E-state index in [2.05, 4.69) is 36.6 Å². The first-order valence-corrected chi connectivity index (χ1v) is 10.9. The van der Waals surface area contributed by atoms with E-state index in [1.807, 2.05) is 24.3 Å². The lowest BCUT2D eigenvalue weighted by molar-refractivity contribution is -0.306. The minimum Gasteiger partial charge on any atom is -0.410 e. The average molecular weight is 488 g/mol. The Morgan fingerprint density at radius 1 is 1.00 bits per heavy atom. The van der Waals surface area contributed by atoms with Gasteiger partial charge in [-0.15, -0.1) is 13.2 Å². The fraction of sp³-hybridized carbons (Fsp3) is 0.208. The summed E-state index contributed by atoms with van der Waals surface area (Å²) in [5, 5.41) is 8.08. The molecule has 0 spiro atoms. The molecule has 34 heavy (non-hydrogen) atoms. The largest absolute Gasteiger partial charge is 0.572 e. The summed E-state index contributed by atoms with van der Waals surface area (Å²) in [6.45, 7) is 0. The smallest absolute Gasteiger partial charge is 0.410 e. The van der Waals surface area contributed by atoms with Crippen molar-refractivity contribution in [3.05, 3.63) is 82.9 Å². The van der Waals surface area contributed by atoms with E-state index in [-0.39, 0.29) is 12.2 Å². The van der Waals surface area contributed by atoms with Crippen LogP contribution in [-0.2, 0) is 4.74 Å². The number of alkyl halides is 3. The van der Waals surface area contributed by atoms with Gasteiger partial charge in [-0.2, -0.15) is 5.10 Å². The quantitative estimate of drug-likeness (QED) is 0.320. The predicted octanol–water partition coefficient (Wildman–Crippen LogP) is 7.15. The molecule has 1 heterocycles. The highest BCUT2D eigenvalue weighted by Gasteiger charge is 2.32. The lowest BCUT2D eigenvalue weighted by Gasteiger charge is -2.15. The number of halogens is 4. The van der Waals surface area contributed by atoms with Gasteiger partial charge in [-0.1, -0.05) is 35.9 Å². The minimum atomic E-state index is -4.68. The van der Waals surface area contributed by atoms with E-state index in [9.17, 15) is 13.2 Å². The summed E-state index contributed by atoms with van der Waals surface area (Å²) in [4.78, 5) is 9.21. The summed E-state index contributed by atoms with van der Waals surface area (Å²) in [6, 6.07) is 8.97. The lowest BCUT2D eigenvalue weighted by atomic mass is 10.0. The zero-order chi connectivity index (χ0) is 24.0. The third-order valence-electron chi connectivity index (χ3n) is 4.94. The van der Waals surface area contributed by atoms with Crippen LogP contribution in [0.25, 0.3) is 5.57 Å². The molecule has 0 saturated carbocycles. The zero-order valence-corrected chi connectivity index (χ0v) is 18.7. The van der Waals surface area contributed by atoms with E-state index in [1.54, 1.807) is 30.5 Å². The summed E-state index contributed by atoms with van der Waals surface area (Å²) >= 11 is 5.97. The van der Waals surface area contributed by atoms with Crippen LogP contribution in [0.2, 0.25) is 5.02 Å². The van der Waals surface area contributed by atoms with Crippen LogP contribution in [0.4, 0.5) is 30.5 Å². The van der Waals surface area contributed by atoms with Crippen LogP contribution in [0.5, 0.6) is 0 Å². The summed E-state index contributed by atoms with van der Waals surface area (Å²) < 4.78 is 41.0. The van der Waals surface area contributed by atoms with Crippen molar-refractivity contribution in [1.29, 1.82) is 0 Å². The van der Waals surface area contributed by atoms with Gasteiger partial charge < -0.3 is 10.1 Å². The molecule has 0 saturated heterocycles. The Labute approximate surface area is 199 Å². The number of nitrogens with one attached hydrogen (secondary N) is 2. The van der Waals surface area contributed by atoms with Crippen LogP contribution in [-0.4, -0.2) is 22.5 Å². The number of hydrogen-bond donors (Lipinski definition) is 2. The summed E-state index contributed by atoms with van der Waals surface area (Å²) in [5.74, 6) is 1.51. The Bertz CT molecular complexity index is 1180. The van der Waals surface area contributed by atoms with Crippen LogP contribution >= 0.6 is 11.6 Å². The van der Waals surface area contributed by atoms with E-state index in [1.165, 1.54) is 6.08 Å². The second kappa shape index (κ2) is 10.6. The summed E-state index contributed by atoms with van der Waals surface area (Å²) in [5.41, 5.74) is 5.48. The fourth-order valence-electron chi connectivity index (χ4n) is 3.34. The monoisotopic (exact) mass is 487 g/mol. The van der Waals surface area contributed by atoms with Gasteiger partial charge in [0.2, 0.25) is 0 Å². The number of benzene rings is 1. The Kier molecular flexibility index (Phi) is 7.32. The van der Waals surface area contributed by atoms with Crippen molar-refractivity contribution in [2.45, 2.75) is 32.0 Å². The van der Waals surface area contributed by atoms with Crippen LogP contribution < -0.4 is 10.7 Å². The molecule has 2 aliphatic rings. The van der Waals surface area contributed by atoms with Crippen LogP contribution in [0.15, 0.2) is 77.1 Å². The van der Waals surface area contributed by atoms with Crippen molar-refractivity contribution in [1.82, 2.24) is 9.97 Å². The number of anilines is 3. The van der Waals surface area contributed by atoms with Gasteiger partial charge in [0.15, 0.2) is 11.6 Å². The molecule has 1 aromatic heterocycles. The van der Waals surface area contributed by atoms with Gasteiger partial charge in [0, 0.05) is 23.2 Å². The first-order chi connectivity index (χ1) is 16.3. The molecule has 6 nitrogen and oxygen atoms in total.